The Bertz CT molecular complexity index is 943. The Kier molecular flexibility index (Phi) is 37.6. The first-order chi connectivity index (χ1) is 23.7. The van der Waals surface area contributed by atoms with Crippen molar-refractivity contribution in [3.63, 3.8) is 0 Å². The van der Waals surface area contributed by atoms with Gasteiger partial charge in [-0.25, -0.2) is 19.2 Å². The average Bonchev–Trinajstić information content (AvgIpc) is 3.36. The van der Waals surface area contributed by atoms with E-state index in [2.05, 4.69) is 55.8 Å². The van der Waals surface area contributed by atoms with E-state index < -0.39 is 23.9 Å². The summed E-state index contributed by atoms with van der Waals surface area (Å²) in [6, 6.07) is 0. The van der Waals surface area contributed by atoms with Crippen molar-refractivity contribution in [3.8, 4) is 0 Å². The normalized spacial score (nSPS) is 12.8. The molecule has 1 rings (SSSR count). The monoisotopic (exact) mass is 916 g/mol. The lowest BCUT2D eigenvalue weighted by atomic mass is 10.0. The number of carbonyl (C=O) groups excluding carboxylic acids is 4. The summed E-state index contributed by atoms with van der Waals surface area (Å²) in [4.78, 5) is 46.1. The van der Waals surface area contributed by atoms with E-state index in [-0.39, 0.29) is 0 Å². The lowest BCUT2D eigenvalue weighted by molar-refractivity contribution is -0.151. The van der Waals surface area contributed by atoms with Gasteiger partial charge >= 0.3 is 23.9 Å². The number of esters is 4. The van der Waals surface area contributed by atoms with Crippen molar-refractivity contribution in [3.05, 3.63) is 22.3 Å². The molecule has 0 aliphatic carbocycles. The maximum atomic E-state index is 11.8. The molecule has 7 nitrogen and oxygen atoms in total. The Hall–Kier alpha value is -0.980. The maximum Gasteiger partial charge on any atom is 0.342 e. The fourth-order valence-electron chi connectivity index (χ4n) is 5.92. The van der Waals surface area contributed by atoms with E-state index in [0.717, 1.165) is 25.7 Å². The van der Waals surface area contributed by atoms with Gasteiger partial charge < -0.3 is 14.2 Å². The number of unbranched alkanes of at least 4 members (excludes halogenated alkanes) is 22. The summed E-state index contributed by atoms with van der Waals surface area (Å²) in [6.45, 7) is 7.81. The molecule has 0 aromatic heterocycles. The van der Waals surface area contributed by atoms with Crippen LogP contribution in [-0.4, -0.2) is 38.1 Å². The molecule has 0 saturated heterocycles. The number of carbonyl (C=O) groups is 4. The highest BCUT2D eigenvalue weighted by Crippen LogP contribution is 2.23. The molecule has 0 unspecified atom stereocenters. The van der Waals surface area contributed by atoms with Gasteiger partial charge in [0.25, 0.3) is 0 Å². The van der Waals surface area contributed by atoms with E-state index in [4.69, 9.17) is 9.47 Å². The number of hydrogen-bond donors (Lipinski definition) is 0. The van der Waals surface area contributed by atoms with Gasteiger partial charge in [0.05, 0.1) is 14.2 Å². The summed E-state index contributed by atoms with van der Waals surface area (Å²) in [6.07, 6.45) is 32.1. The predicted octanol–water partition coefficient (Wildman–Crippen LogP) is 13.0. The molecule has 0 atom stereocenters. The summed E-state index contributed by atoms with van der Waals surface area (Å²) in [5.41, 5.74) is 1.91. The zero-order chi connectivity index (χ0) is 37.1. The van der Waals surface area contributed by atoms with E-state index in [1.165, 1.54) is 143 Å². The largest absolute Gasteiger partial charge is 0.466 e. The number of methoxy groups -OCH3 is 2. The fraction of sp³-hybridized carbons (Fsp3) is 0.800. The second kappa shape index (κ2) is 36.8. The van der Waals surface area contributed by atoms with Gasteiger partial charge in [-0.05, 0) is 39.5 Å². The molecule has 0 saturated carbocycles. The van der Waals surface area contributed by atoms with Crippen molar-refractivity contribution in [2.24, 2.45) is 0 Å². The van der Waals surface area contributed by atoms with Gasteiger partial charge in [0, 0.05) is 59.5 Å². The minimum atomic E-state index is -0.459. The molecule has 286 valence electrons. The standard InChI is InChI=1S/C21H38O4.C19H32O3.I2/c1-5-6-7-8-9-10-11-12-13-14-15-16-17-19(21(23)25-4)18(2)20(22)24-3;1-3-4-5-6-7-8-9-10-11-12-13-14-15-17-16(2)18(20)22-19(17)21;1-2/h5-17H2,1-4H3;3-15H2,1-2H3;/b19-18-;;. The third-order valence-electron chi connectivity index (χ3n) is 9.13. The van der Waals surface area contributed by atoms with Gasteiger partial charge in [-0.3, -0.25) is 0 Å². The molecule has 0 aromatic carbocycles. The summed E-state index contributed by atoms with van der Waals surface area (Å²) in [5.74, 6) is -1.77. The van der Waals surface area contributed by atoms with E-state index in [0.29, 0.717) is 35.1 Å². The topological polar surface area (TPSA) is 96.0 Å². The van der Waals surface area contributed by atoms with Gasteiger partial charge in [-0.1, -0.05) is 155 Å². The van der Waals surface area contributed by atoms with Crippen molar-refractivity contribution in [1.82, 2.24) is 0 Å². The Labute approximate surface area is 323 Å². The molecule has 0 fully saturated rings. The van der Waals surface area contributed by atoms with Crippen LogP contribution in [0.4, 0.5) is 0 Å². The van der Waals surface area contributed by atoms with Gasteiger partial charge in [-0.15, -0.1) is 0 Å². The first kappa shape index (κ1) is 50.1. The minimum Gasteiger partial charge on any atom is -0.466 e. The Morgan fingerprint density at radius 2 is 0.898 bits per heavy atom. The highest BCUT2D eigenvalue weighted by atomic mass is 128. The molecule has 1 aliphatic rings. The van der Waals surface area contributed by atoms with Gasteiger partial charge in [-0.2, -0.15) is 0 Å². The highest BCUT2D eigenvalue weighted by molar-refractivity contribution is 15.0. The summed E-state index contributed by atoms with van der Waals surface area (Å²) in [7, 11) is 2.67. The minimum absolute atomic E-state index is 0.359. The Balaban J connectivity index is 0. The van der Waals surface area contributed by atoms with Crippen LogP contribution in [0.3, 0.4) is 0 Å². The maximum absolute atomic E-state index is 11.8. The fourth-order valence-corrected chi connectivity index (χ4v) is 5.92. The van der Waals surface area contributed by atoms with Crippen LogP contribution >= 0.6 is 37.2 Å². The number of halogens is 2. The molecule has 0 amide bonds. The summed E-state index contributed by atoms with van der Waals surface area (Å²) in [5, 5.41) is 0. The molecular formula is C40H70I2O7. The number of cyclic esters (lactones) is 2. The third-order valence-corrected chi connectivity index (χ3v) is 9.13. The van der Waals surface area contributed by atoms with Gasteiger partial charge in [0.1, 0.15) is 0 Å². The van der Waals surface area contributed by atoms with Crippen LogP contribution in [0, 0.1) is 0 Å². The molecule has 0 aromatic rings. The van der Waals surface area contributed by atoms with Crippen molar-refractivity contribution < 1.29 is 33.4 Å². The quantitative estimate of drug-likeness (QED) is 0.0193. The second-order valence-electron chi connectivity index (χ2n) is 13.1. The van der Waals surface area contributed by atoms with E-state index in [1.807, 2.05) is 0 Å². The average molecular weight is 917 g/mol. The molecule has 0 N–H and O–H groups in total. The molecule has 0 bridgehead atoms. The number of rotatable bonds is 28. The molecule has 1 heterocycles. The lowest BCUT2D eigenvalue weighted by Gasteiger charge is -2.09. The number of hydrogen-bond acceptors (Lipinski definition) is 7. The molecule has 1 aliphatic heterocycles. The SMILES string of the molecule is CCCCCCCCCCCCCC/C(C(=O)OC)=C(\C)C(=O)OC.CCCCCCCCCCCCCCC1=C(C)C(=O)OC1=O.II. The molecular weight excluding hydrogens is 846 g/mol. The molecule has 0 spiro atoms. The highest BCUT2D eigenvalue weighted by Gasteiger charge is 2.28. The van der Waals surface area contributed by atoms with E-state index in [9.17, 15) is 19.2 Å². The van der Waals surface area contributed by atoms with Crippen LogP contribution < -0.4 is 0 Å². The lowest BCUT2D eigenvalue weighted by Crippen LogP contribution is -2.13. The first-order valence-electron chi connectivity index (χ1n) is 19.2. The van der Waals surface area contributed by atoms with Gasteiger partial charge in [0.2, 0.25) is 0 Å². The van der Waals surface area contributed by atoms with Gasteiger partial charge in [0.15, 0.2) is 0 Å². The third kappa shape index (κ3) is 27.4. The zero-order valence-electron chi connectivity index (χ0n) is 32.0. The van der Waals surface area contributed by atoms with Crippen LogP contribution in [0.2, 0.25) is 0 Å². The second-order valence-corrected chi connectivity index (χ2v) is 13.1. The summed E-state index contributed by atoms with van der Waals surface area (Å²) >= 11 is 4.24. The molecule has 49 heavy (non-hydrogen) atoms. The molecule has 0 radical (unpaired) electrons. The van der Waals surface area contributed by atoms with Crippen LogP contribution in [0.15, 0.2) is 22.3 Å². The van der Waals surface area contributed by atoms with Crippen LogP contribution in [0.25, 0.3) is 0 Å². The van der Waals surface area contributed by atoms with Crippen molar-refractivity contribution >= 4 is 61.1 Å². The van der Waals surface area contributed by atoms with Crippen LogP contribution in [0.1, 0.15) is 195 Å². The predicted molar refractivity (Wildman–Crippen MR) is 220 cm³/mol. The van der Waals surface area contributed by atoms with Crippen molar-refractivity contribution in [2.75, 3.05) is 14.2 Å². The summed E-state index contributed by atoms with van der Waals surface area (Å²) < 4.78 is 14.1. The Morgan fingerprint density at radius 3 is 1.22 bits per heavy atom. The zero-order valence-corrected chi connectivity index (χ0v) is 36.3. The van der Waals surface area contributed by atoms with Crippen LogP contribution in [0.5, 0.6) is 0 Å². The van der Waals surface area contributed by atoms with E-state index in [1.54, 1.807) is 13.8 Å². The number of ether oxygens (including phenoxy) is 3. The van der Waals surface area contributed by atoms with Crippen molar-refractivity contribution in [2.45, 2.75) is 195 Å². The first-order valence-corrected chi connectivity index (χ1v) is 25.5. The van der Waals surface area contributed by atoms with Crippen molar-refractivity contribution in [1.29, 1.82) is 0 Å². The van der Waals surface area contributed by atoms with E-state index >= 15 is 0 Å². The Morgan fingerprint density at radius 1 is 0.551 bits per heavy atom. The van der Waals surface area contributed by atoms with Crippen LogP contribution in [-0.2, 0) is 33.4 Å². The molecule has 9 heteroatoms. The smallest absolute Gasteiger partial charge is 0.342 e.